The van der Waals surface area contributed by atoms with Crippen LogP contribution in [0.15, 0.2) is 18.2 Å². The van der Waals surface area contributed by atoms with E-state index in [1.54, 1.807) is 30.9 Å². The van der Waals surface area contributed by atoms with Crippen LogP contribution in [0.5, 0.6) is 5.75 Å². The van der Waals surface area contributed by atoms with Gasteiger partial charge in [-0.15, -0.1) is 0 Å². The van der Waals surface area contributed by atoms with Crippen molar-refractivity contribution >= 4 is 11.9 Å². The fourth-order valence-corrected chi connectivity index (χ4v) is 2.70. The van der Waals surface area contributed by atoms with Crippen molar-refractivity contribution in [2.75, 3.05) is 13.2 Å². The number of ether oxygens (including phenoxy) is 1. The highest BCUT2D eigenvalue weighted by Gasteiger charge is 2.34. The van der Waals surface area contributed by atoms with E-state index >= 15 is 0 Å². The molecule has 21 heavy (non-hydrogen) atoms. The number of aromatic hydroxyl groups is 1. The molecule has 0 bridgehead atoms. The summed E-state index contributed by atoms with van der Waals surface area (Å²) in [5.41, 5.74) is 1.22. The van der Waals surface area contributed by atoms with E-state index in [9.17, 15) is 14.7 Å². The molecule has 0 radical (unpaired) electrons. The van der Waals surface area contributed by atoms with Crippen molar-refractivity contribution in [3.05, 3.63) is 29.3 Å². The minimum absolute atomic E-state index is 0.129. The van der Waals surface area contributed by atoms with Crippen LogP contribution < -0.4 is 0 Å². The summed E-state index contributed by atoms with van der Waals surface area (Å²) in [6.07, 6.45) is 2.45. The Bertz CT molecular complexity index is 541. The van der Waals surface area contributed by atoms with Gasteiger partial charge in [-0.1, -0.05) is 0 Å². The van der Waals surface area contributed by atoms with Gasteiger partial charge in [-0.3, -0.25) is 4.79 Å². The van der Waals surface area contributed by atoms with Crippen LogP contribution in [0.4, 0.5) is 0 Å². The molecule has 2 rings (SSSR count). The Hall–Kier alpha value is -2.04. The van der Waals surface area contributed by atoms with E-state index < -0.39 is 6.04 Å². The zero-order chi connectivity index (χ0) is 15.4. The minimum atomic E-state index is -0.501. The predicted octanol–water partition coefficient (Wildman–Crippen LogP) is 2.26. The average Bonchev–Trinajstić information content (AvgIpc) is 2.47. The van der Waals surface area contributed by atoms with Gasteiger partial charge in [0.15, 0.2) is 0 Å². The summed E-state index contributed by atoms with van der Waals surface area (Å²) in [5.74, 6) is -0.378. The van der Waals surface area contributed by atoms with Crippen molar-refractivity contribution in [1.29, 1.82) is 0 Å². The third kappa shape index (κ3) is 3.35. The molecule has 5 heteroatoms. The lowest BCUT2D eigenvalue weighted by atomic mass is 9.99. The van der Waals surface area contributed by atoms with Gasteiger partial charge in [0.2, 0.25) is 0 Å². The van der Waals surface area contributed by atoms with Crippen LogP contribution in [0.25, 0.3) is 0 Å². The van der Waals surface area contributed by atoms with Crippen molar-refractivity contribution in [3.63, 3.8) is 0 Å². The molecule has 1 aliphatic heterocycles. The summed E-state index contributed by atoms with van der Waals surface area (Å²) < 4.78 is 5.07. The Morgan fingerprint density at radius 3 is 2.81 bits per heavy atom. The van der Waals surface area contributed by atoms with Gasteiger partial charge >= 0.3 is 5.97 Å². The van der Waals surface area contributed by atoms with Gasteiger partial charge < -0.3 is 14.7 Å². The first-order chi connectivity index (χ1) is 10.0. The maximum Gasteiger partial charge on any atom is 0.328 e. The highest BCUT2D eigenvalue weighted by molar-refractivity contribution is 5.98. The largest absolute Gasteiger partial charge is 0.508 e. The molecule has 1 N–H and O–H groups in total. The third-order valence-electron chi connectivity index (χ3n) is 3.76. The summed E-state index contributed by atoms with van der Waals surface area (Å²) in [7, 11) is 0. The molecule has 5 nitrogen and oxygen atoms in total. The first kappa shape index (κ1) is 15.4. The van der Waals surface area contributed by atoms with E-state index in [4.69, 9.17) is 4.74 Å². The lowest BCUT2D eigenvalue weighted by Crippen LogP contribution is -2.48. The molecule has 0 aliphatic carbocycles. The van der Waals surface area contributed by atoms with Crippen LogP contribution in [0, 0.1) is 6.92 Å². The third-order valence-corrected chi connectivity index (χ3v) is 3.76. The number of benzene rings is 1. The molecule has 1 unspecified atom stereocenters. The first-order valence-electron chi connectivity index (χ1n) is 7.31. The number of rotatable bonds is 3. The van der Waals surface area contributed by atoms with Gasteiger partial charge in [0.25, 0.3) is 5.91 Å². The van der Waals surface area contributed by atoms with Crippen molar-refractivity contribution in [3.8, 4) is 5.75 Å². The molecule has 1 heterocycles. The number of nitrogens with zero attached hydrogens (tertiary/aromatic N) is 1. The Morgan fingerprint density at radius 1 is 1.38 bits per heavy atom. The molecule has 0 saturated carbocycles. The molecule has 114 valence electrons. The van der Waals surface area contributed by atoms with Crippen LogP contribution in [-0.2, 0) is 9.53 Å². The minimum Gasteiger partial charge on any atom is -0.508 e. The zero-order valence-corrected chi connectivity index (χ0v) is 12.5. The number of hydrogen-bond acceptors (Lipinski definition) is 4. The average molecular weight is 291 g/mol. The molecule has 1 aliphatic rings. The Balaban J connectivity index is 2.24. The SMILES string of the molecule is CCOC(=O)C1CCCCN1C(=O)c1ccc(O)cc1C. The molecule has 1 amide bonds. The van der Waals surface area contributed by atoms with Gasteiger partial charge in [-0.2, -0.15) is 0 Å². The topological polar surface area (TPSA) is 66.8 Å². The molecule has 1 atom stereocenters. The monoisotopic (exact) mass is 291 g/mol. The number of carbonyl (C=O) groups excluding carboxylic acids is 2. The summed E-state index contributed by atoms with van der Waals surface area (Å²) in [6, 6.07) is 4.14. The van der Waals surface area contributed by atoms with E-state index in [0.29, 0.717) is 30.7 Å². The number of phenols is 1. The van der Waals surface area contributed by atoms with Crippen LogP contribution >= 0.6 is 0 Å². The van der Waals surface area contributed by atoms with Crippen molar-refractivity contribution in [2.24, 2.45) is 0 Å². The maximum absolute atomic E-state index is 12.7. The van der Waals surface area contributed by atoms with Crippen LogP contribution in [0.1, 0.15) is 42.1 Å². The van der Waals surface area contributed by atoms with E-state index in [-0.39, 0.29) is 17.6 Å². The Morgan fingerprint density at radius 2 is 2.14 bits per heavy atom. The van der Waals surface area contributed by atoms with E-state index in [1.807, 2.05) is 0 Å². The normalized spacial score (nSPS) is 18.4. The van der Waals surface area contributed by atoms with E-state index in [1.165, 1.54) is 6.07 Å². The molecule has 1 aromatic carbocycles. The number of piperidine rings is 1. The lowest BCUT2D eigenvalue weighted by Gasteiger charge is -2.34. The number of carbonyl (C=O) groups is 2. The van der Waals surface area contributed by atoms with Gasteiger partial charge in [0.05, 0.1) is 6.61 Å². The fraction of sp³-hybridized carbons (Fsp3) is 0.500. The molecule has 1 fully saturated rings. The van der Waals surface area contributed by atoms with Crippen molar-refractivity contribution in [2.45, 2.75) is 39.2 Å². The van der Waals surface area contributed by atoms with Gasteiger partial charge in [0, 0.05) is 12.1 Å². The summed E-state index contributed by atoms with van der Waals surface area (Å²) in [4.78, 5) is 26.3. The standard InChI is InChI=1S/C16H21NO4/c1-3-21-16(20)14-6-4-5-9-17(14)15(19)13-8-7-12(18)10-11(13)2/h7-8,10,14,18H,3-6,9H2,1-2H3. The number of amides is 1. The summed E-state index contributed by atoms with van der Waals surface area (Å²) >= 11 is 0. The quantitative estimate of drug-likeness (QED) is 0.867. The van der Waals surface area contributed by atoms with Crippen molar-refractivity contribution in [1.82, 2.24) is 4.90 Å². The van der Waals surface area contributed by atoms with E-state index in [2.05, 4.69) is 0 Å². The van der Waals surface area contributed by atoms with Crippen molar-refractivity contribution < 1.29 is 19.4 Å². The van der Waals surface area contributed by atoms with Crippen LogP contribution in [-0.4, -0.2) is 41.1 Å². The number of hydrogen-bond donors (Lipinski definition) is 1. The molecule has 1 aromatic rings. The molecule has 0 aromatic heterocycles. The lowest BCUT2D eigenvalue weighted by molar-refractivity contribution is -0.149. The predicted molar refractivity (Wildman–Crippen MR) is 78.2 cm³/mol. The van der Waals surface area contributed by atoms with Gasteiger partial charge in [0.1, 0.15) is 11.8 Å². The van der Waals surface area contributed by atoms with Gasteiger partial charge in [-0.25, -0.2) is 4.79 Å². The second kappa shape index (κ2) is 6.61. The van der Waals surface area contributed by atoms with Crippen LogP contribution in [0.2, 0.25) is 0 Å². The summed E-state index contributed by atoms with van der Waals surface area (Å²) in [6.45, 7) is 4.41. The Labute approximate surface area is 124 Å². The molecule has 1 saturated heterocycles. The fourth-order valence-electron chi connectivity index (χ4n) is 2.70. The highest BCUT2D eigenvalue weighted by atomic mass is 16.5. The zero-order valence-electron chi connectivity index (χ0n) is 12.5. The molecular formula is C16H21NO4. The second-order valence-electron chi connectivity index (χ2n) is 5.26. The first-order valence-corrected chi connectivity index (χ1v) is 7.31. The number of phenolic OH excluding ortho intramolecular Hbond substituents is 1. The Kier molecular flexibility index (Phi) is 4.83. The number of likely N-dealkylation sites (tertiary alicyclic amines) is 1. The van der Waals surface area contributed by atoms with Gasteiger partial charge in [-0.05, 0) is 56.9 Å². The second-order valence-corrected chi connectivity index (χ2v) is 5.26. The number of aryl methyl sites for hydroxylation is 1. The summed E-state index contributed by atoms with van der Waals surface area (Å²) in [5, 5.41) is 9.44. The van der Waals surface area contributed by atoms with E-state index in [0.717, 1.165) is 12.8 Å². The van der Waals surface area contributed by atoms with Crippen LogP contribution in [0.3, 0.4) is 0 Å². The molecule has 0 spiro atoms. The smallest absolute Gasteiger partial charge is 0.328 e. The number of esters is 1. The highest BCUT2D eigenvalue weighted by Crippen LogP contribution is 2.23. The maximum atomic E-state index is 12.7. The molecular weight excluding hydrogens is 270 g/mol.